The van der Waals surface area contributed by atoms with E-state index >= 15 is 0 Å². The van der Waals surface area contributed by atoms with E-state index in [0.717, 1.165) is 56.5 Å². The van der Waals surface area contributed by atoms with Gasteiger partial charge in [0.15, 0.2) is 23.1 Å². The number of rotatable bonds is 5. The van der Waals surface area contributed by atoms with Crippen molar-refractivity contribution in [3.8, 4) is 34.3 Å². The number of hydrogen-bond donors (Lipinski definition) is 0. The van der Waals surface area contributed by atoms with E-state index in [2.05, 4.69) is 150 Å². The maximum Gasteiger partial charge on any atom is 0.234 e. The number of aromatic nitrogens is 3. The van der Waals surface area contributed by atoms with Crippen LogP contribution < -0.4 is 14.5 Å². The first-order valence-corrected chi connectivity index (χ1v) is 19.0. The summed E-state index contributed by atoms with van der Waals surface area (Å²) in [7, 11) is 0. The molecule has 6 nitrogen and oxygen atoms in total. The Bertz CT molecular complexity index is 2810. The lowest BCUT2D eigenvalue weighted by Crippen LogP contribution is -2.42. The standard InChI is InChI=1S/C50H35N5O/c1-50-31-15-24-39(36-28-29-41-44(32-36)56-43-26-14-13-25-40(43)54(41)37-21-9-4-10-22-37)46(50)55(42-30-27-33-16-11-12-23-38(33)45(42)50)49-52-47(34-17-5-2-6-18-34)51-48(53-49)35-19-7-3-8-20-35/h2-32,46H,1H3. The molecule has 0 fully saturated rings. The molecule has 0 spiro atoms. The van der Waals surface area contributed by atoms with Crippen molar-refractivity contribution in [2.24, 2.45) is 0 Å². The van der Waals surface area contributed by atoms with Crippen LogP contribution in [0.1, 0.15) is 18.1 Å². The normalized spacial score (nSPS) is 17.7. The molecule has 3 heterocycles. The maximum atomic E-state index is 6.72. The second kappa shape index (κ2) is 12.6. The molecule has 0 saturated heterocycles. The SMILES string of the molecule is CC12C=CC=C(c3ccc4c(c3)Oc3ccccc3N4c3ccccc3)C1N(c1nc(-c3ccccc3)nc(-c3ccccc3)n1)c1ccc3ccccc3c12. The highest BCUT2D eigenvalue weighted by Crippen LogP contribution is 2.58. The lowest BCUT2D eigenvalue weighted by atomic mass is 9.70. The van der Waals surface area contributed by atoms with E-state index < -0.39 is 5.41 Å². The first-order valence-electron chi connectivity index (χ1n) is 19.0. The van der Waals surface area contributed by atoms with Gasteiger partial charge in [-0.15, -0.1) is 0 Å². The summed E-state index contributed by atoms with van der Waals surface area (Å²) < 4.78 is 6.72. The van der Waals surface area contributed by atoms with E-state index in [4.69, 9.17) is 19.7 Å². The third-order valence-corrected chi connectivity index (χ3v) is 11.3. The molecule has 266 valence electrons. The highest BCUT2D eigenvalue weighted by atomic mass is 16.5. The van der Waals surface area contributed by atoms with Crippen molar-refractivity contribution in [1.29, 1.82) is 0 Å². The molecular weight excluding hydrogens is 687 g/mol. The molecule has 0 radical (unpaired) electrons. The van der Waals surface area contributed by atoms with Crippen molar-refractivity contribution in [3.05, 3.63) is 199 Å². The van der Waals surface area contributed by atoms with E-state index in [9.17, 15) is 0 Å². The van der Waals surface area contributed by atoms with Crippen LogP contribution in [0.15, 0.2) is 188 Å². The van der Waals surface area contributed by atoms with Crippen LogP contribution in [0.3, 0.4) is 0 Å². The van der Waals surface area contributed by atoms with Gasteiger partial charge in [0.2, 0.25) is 5.95 Å². The predicted octanol–water partition coefficient (Wildman–Crippen LogP) is 12.4. The fourth-order valence-corrected chi connectivity index (χ4v) is 8.82. The highest BCUT2D eigenvalue weighted by molar-refractivity contribution is 5.99. The quantitative estimate of drug-likeness (QED) is 0.176. The molecule has 2 unspecified atom stereocenters. The minimum atomic E-state index is -0.438. The molecule has 8 aromatic rings. The number of ether oxygens (including phenoxy) is 1. The van der Waals surface area contributed by atoms with Crippen LogP contribution in [0.4, 0.5) is 28.7 Å². The van der Waals surface area contributed by atoms with Crippen LogP contribution in [0.25, 0.3) is 39.1 Å². The molecule has 0 amide bonds. The largest absolute Gasteiger partial charge is 0.453 e. The first-order chi connectivity index (χ1) is 27.6. The maximum absolute atomic E-state index is 6.72. The van der Waals surface area contributed by atoms with Crippen molar-refractivity contribution in [2.45, 2.75) is 18.4 Å². The van der Waals surface area contributed by atoms with E-state index in [-0.39, 0.29) is 6.04 Å². The Morgan fingerprint density at radius 2 is 1.18 bits per heavy atom. The first kappa shape index (κ1) is 32.1. The van der Waals surface area contributed by atoms with Crippen LogP contribution in [0.5, 0.6) is 11.5 Å². The number of hydrogen-bond acceptors (Lipinski definition) is 6. The molecular formula is C50H35N5O. The Balaban J connectivity index is 1.12. The summed E-state index contributed by atoms with van der Waals surface area (Å²) in [5.74, 6) is 3.47. The minimum Gasteiger partial charge on any atom is -0.453 e. The Labute approximate surface area is 325 Å². The molecule has 2 atom stereocenters. The van der Waals surface area contributed by atoms with E-state index in [1.165, 1.54) is 16.3 Å². The number of para-hydroxylation sites is 3. The van der Waals surface area contributed by atoms with Crippen molar-refractivity contribution in [3.63, 3.8) is 0 Å². The van der Waals surface area contributed by atoms with Gasteiger partial charge in [0.05, 0.1) is 17.4 Å². The zero-order chi connectivity index (χ0) is 37.2. The van der Waals surface area contributed by atoms with Crippen LogP contribution >= 0.6 is 0 Å². The van der Waals surface area contributed by atoms with Crippen molar-refractivity contribution < 1.29 is 4.74 Å². The van der Waals surface area contributed by atoms with Gasteiger partial charge in [-0.05, 0) is 76.9 Å². The van der Waals surface area contributed by atoms with Gasteiger partial charge < -0.3 is 14.5 Å². The Morgan fingerprint density at radius 3 is 1.93 bits per heavy atom. The molecule has 0 bridgehead atoms. The van der Waals surface area contributed by atoms with Gasteiger partial charge in [0.25, 0.3) is 0 Å². The average Bonchev–Trinajstić information content (AvgIpc) is 3.55. The number of fused-ring (bicyclic) bond motifs is 7. The second-order valence-electron chi connectivity index (χ2n) is 14.7. The summed E-state index contributed by atoms with van der Waals surface area (Å²) in [5.41, 5.74) is 9.05. The zero-order valence-corrected chi connectivity index (χ0v) is 30.6. The number of allylic oxidation sites excluding steroid dienone is 2. The lowest BCUT2D eigenvalue weighted by Gasteiger charge is -2.39. The Morgan fingerprint density at radius 1 is 0.554 bits per heavy atom. The molecule has 3 aliphatic rings. The van der Waals surface area contributed by atoms with Crippen LogP contribution in [-0.4, -0.2) is 21.0 Å². The molecule has 0 saturated carbocycles. The van der Waals surface area contributed by atoms with E-state index in [1.54, 1.807) is 0 Å². The van der Waals surface area contributed by atoms with Crippen molar-refractivity contribution in [1.82, 2.24) is 15.0 Å². The number of nitrogens with zero attached hydrogens (tertiary/aromatic N) is 5. The molecule has 1 aromatic heterocycles. The molecule has 6 heteroatoms. The second-order valence-corrected chi connectivity index (χ2v) is 14.7. The van der Waals surface area contributed by atoms with Crippen LogP contribution in [0, 0.1) is 0 Å². The summed E-state index contributed by atoms with van der Waals surface area (Å²) in [6, 6.07) is 58.6. The highest BCUT2D eigenvalue weighted by Gasteiger charge is 2.52. The minimum absolute atomic E-state index is 0.192. The summed E-state index contributed by atoms with van der Waals surface area (Å²) in [6.07, 6.45) is 6.81. The van der Waals surface area contributed by atoms with Gasteiger partial charge >= 0.3 is 0 Å². The predicted molar refractivity (Wildman–Crippen MR) is 226 cm³/mol. The van der Waals surface area contributed by atoms with Gasteiger partial charge in [-0.2, -0.15) is 9.97 Å². The Hall–Kier alpha value is -7.31. The summed E-state index contributed by atoms with van der Waals surface area (Å²) in [6.45, 7) is 2.35. The molecule has 56 heavy (non-hydrogen) atoms. The van der Waals surface area contributed by atoms with Gasteiger partial charge in [0.1, 0.15) is 0 Å². The zero-order valence-electron chi connectivity index (χ0n) is 30.6. The van der Waals surface area contributed by atoms with Gasteiger partial charge in [-0.3, -0.25) is 0 Å². The molecule has 0 N–H and O–H groups in total. The monoisotopic (exact) mass is 721 g/mol. The van der Waals surface area contributed by atoms with Crippen molar-refractivity contribution >= 4 is 45.0 Å². The van der Waals surface area contributed by atoms with Gasteiger partial charge in [-0.1, -0.05) is 146 Å². The fraction of sp³-hybridized carbons (Fsp3) is 0.0600. The van der Waals surface area contributed by atoms with E-state index in [1.807, 2.05) is 54.6 Å². The smallest absolute Gasteiger partial charge is 0.234 e. The average molecular weight is 722 g/mol. The Kier molecular flexibility index (Phi) is 7.26. The molecule has 11 rings (SSSR count). The fourth-order valence-electron chi connectivity index (χ4n) is 8.82. The molecule has 2 aliphatic heterocycles. The lowest BCUT2D eigenvalue weighted by molar-refractivity contribution is 0.476. The van der Waals surface area contributed by atoms with E-state index in [0.29, 0.717) is 17.6 Å². The summed E-state index contributed by atoms with van der Waals surface area (Å²) in [4.78, 5) is 20.3. The molecule has 7 aromatic carbocycles. The van der Waals surface area contributed by atoms with Crippen LogP contribution in [-0.2, 0) is 5.41 Å². The molecule has 1 aliphatic carbocycles. The van der Waals surface area contributed by atoms with Gasteiger partial charge in [-0.25, -0.2) is 4.98 Å². The summed E-state index contributed by atoms with van der Waals surface area (Å²) >= 11 is 0. The van der Waals surface area contributed by atoms with Crippen molar-refractivity contribution in [2.75, 3.05) is 9.80 Å². The third kappa shape index (κ3) is 5.00. The topological polar surface area (TPSA) is 54.4 Å². The third-order valence-electron chi connectivity index (χ3n) is 11.3. The summed E-state index contributed by atoms with van der Waals surface area (Å²) in [5, 5.41) is 2.42. The van der Waals surface area contributed by atoms with Crippen LogP contribution in [0.2, 0.25) is 0 Å². The van der Waals surface area contributed by atoms with Gasteiger partial charge in [0, 0.05) is 27.9 Å². The number of anilines is 5. The number of benzene rings is 7.